The predicted octanol–water partition coefficient (Wildman–Crippen LogP) is 2.91. The van der Waals surface area contributed by atoms with Gasteiger partial charge in [0, 0.05) is 15.9 Å². The van der Waals surface area contributed by atoms with Crippen LogP contribution < -0.4 is 5.73 Å². The van der Waals surface area contributed by atoms with Gasteiger partial charge < -0.3 is 5.73 Å². The number of hydrogen-bond donors (Lipinski definition) is 1. The molecule has 78 valence electrons. The van der Waals surface area contributed by atoms with Crippen molar-refractivity contribution in [2.24, 2.45) is 5.73 Å². The first-order chi connectivity index (χ1) is 7.28. The summed E-state index contributed by atoms with van der Waals surface area (Å²) in [6.45, 7) is 0.545. The Kier molecular flexibility index (Phi) is 3.74. The first-order valence-electron chi connectivity index (χ1n) is 4.21. The molecule has 6 heteroatoms. The minimum absolute atomic E-state index is 0.545. The van der Waals surface area contributed by atoms with Gasteiger partial charge in [-0.05, 0) is 23.8 Å². The molecule has 2 rings (SSSR count). The zero-order chi connectivity index (χ0) is 10.7. The highest BCUT2D eigenvalue weighted by atomic mass is 79.9. The summed E-state index contributed by atoms with van der Waals surface area (Å²) in [5, 5.41) is 7.78. The first kappa shape index (κ1) is 11.1. The summed E-state index contributed by atoms with van der Waals surface area (Å²) in [4.78, 5) is 1.13. The zero-order valence-corrected chi connectivity index (χ0v) is 10.9. The van der Waals surface area contributed by atoms with Gasteiger partial charge in [-0.3, -0.25) is 0 Å². The van der Waals surface area contributed by atoms with Gasteiger partial charge in [0.15, 0.2) is 4.34 Å². The van der Waals surface area contributed by atoms with E-state index in [-0.39, 0.29) is 0 Å². The summed E-state index contributed by atoms with van der Waals surface area (Å²) in [5.41, 5.74) is 8.44. The third-order valence-electron chi connectivity index (χ3n) is 1.71. The van der Waals surface area contributed by atoms with Crippen LogP contribution in [0.1, 0.15) is 5.56 Å². The molecule has 1 aromatic carbocycles. The molecule has 0 unspecified atom stereocenters. The molecule has 0 aliphatic carbocycles. The molecule has 0 saturated carbocycles. The van der Waals surface area contributed by atoms with Gasteiger partial charge in [0.25, 0.3) is 0 Å². The maximum absolute atomic E-state index is 5.61. The van der Waals surface area contributed by atoms with Crippen LogP contribution in [0.4, 0.5) is 0 Å². The topological polar surface area (TPSA) is 51.8 Å². The lowest BCUT2D eigenvalue weighted by Gasteiger charge is -2.02. The molecular formula is C9H8BrN3S2. The molecule has 2 N–H and O–H groups in total. The van der Waals surface area contributed by atoms with Crippen molar-refractivity contribution in [2.45, 2.75) is 15.8 Å². The highest BCUT2D eigenvalue weighted by Gasteiger charge is 2.03. The van der Waals surface area contributed by atoms with E-state index in [4.69, 9.17) is 5.73 Å². The van der Waals surface area contributed by atoms with Crippen molar-refractivity contribution in [3.63, 3.8) is 0 Å². The average Bonchev–Trinajstić information content (AvgIpc) is 2.69. The van der Waals surface area contributed by atoms with Crippen molar-refractivity contribution in [1.82, 2.24) is 10.2 Å². The van der Waals surface area contributed by atoms with Gasteiger partial charge in [0.1, 0.15) is 5.51 Å². The van der Waals surface area contributed by atoms with Crippen LogP contribution in [0.25, 0.3) is 0 Å². The summed E-state index contributed by atoms with van der Waals surface area (Å²) < 4.78 is 1.98. The van der Waals surface area contributed by atoms with E-state index in [0.717, 1.165) is 19.3 Å². The van der Waals surface area contributed by atoms with Gasteiger partial charge in [-0.1, -0.05) is 39.0 Å². The average molecular weight is 302 g/mol. The molecule has 15 heavy (non-hydrogen) atoms. The van der Waals surface area contributed by atoms with E-state index in [1.54, 1.807) is 17.3 Å². The number of nitrogens with zero attached hydrogens (tertiary/aromatic N) is 2. The van der Waals surface area contributed by atoms with Crippen LogP contribution in [0.3, 0.4) is 0 Å². The Balaban J connectivity index is 2.24. The maximum Gasteiger partial charge on any atom is 0.178 e. The SMILES string of the molecule is NCc1cc(Br)cc(Sc2nncs2)c1. The van der Waals surface area contributed by atoms with Crippen molar-refractivity contribution in [1.29, 1.82) is 0 Å². The highest BCUT2D eigenvalue weighted by Crippen LogP contribution is 2.31. The Morgan fingerprint density at radius 2 is 2.27 bits per heavy atom. The number of halogens is 1. The number of rotatable bonds is 3. The van der Waals surface area contributed by atoms with Gasteiger partial charge in [-0.15, -0.1) is 10.2 Å². The van der Waals surface area contributed by atoms with Crippen molar-refractivity contribution in [3.8, 4) is 0 Å². The number of aromatic nitrogens is 2. The molecule has 0 radical (unpaired) electrons. The van der Waals surface area contributed by atoms with Crippen LogP contribution in [0.15, 0.2) is 37.4 Å². The Labute approximate surface area is 104 Å². The zero-order valence-electron chi connectivity index (χ0n) is 7.68. The minimum Gasteiger partial charge on any atom is -0.326 e. The van der Waals surface area contributed by atoms with Gasteiger partial charge >= 0.3 is 0 Å². The lowest BCUT2D eigenvalue weighted by molar-refractivity contribution is 1.01. The third-order valence-corrected chi connectivity index (χ3v) is 3.92. The molecule has 0 saturated heterocycles. The van der Waals surface area contributed by atoms with Gasteiger partial charge in [-0.25, -0.2) is 0 Å². The fraction of sp³-hybridized carbons (Fsp3) is 0.111. The molecule has 0 fully saturated rings. The number of benzene rings is 1. The van der Waals surface area contributed by atoms with Crippen molar-refractivity contribution < 1.29 is 0 Å². The quantitative estimate of drug-likeness (QED) is 0.947. The fourth-order valence-electron chi connectivity index (χ4n) is 1.11. The van der Waals surface area contributed by atoms with Crippen molar-refractivity contribution in [3.05, 3.63) is 33.7 Å². The molecular weight excluding hydrogens is 294 g/mol. The van der Waals surface area contributed by atoms with E-state index in [9.17, 15) is 0 Å². The largest absolute Gasteiger partial charge is 0.326 e. The molecule has 0 aliphatic rings. The van der Waals surface area contributed by atoms with E-state index in [2.05, 4.69) is 32.2 Å². The van der Waals surface area contributed by atoms with E-state index >= 15 is 0 Å². The number of nitrogens with two attached hydrogens (primary N) is 1. The van der Waals surface area contributed by atoms with E-state index in [0.29, 0.717) is 6.54 Å². The van der Waals surface area contributed by atoms with Gasteiger partial charge in [0.2, 0.25) is 0 Å². The highest BCUT2D eigenvalue weighted by molar-refractivity contribution is 9.10. The van der Waals surface area contributed by atoms with Crippen LogP contribution in [0, 0.1) is 0 Å². The summed E-state index contributed by atoms with van der Waals surface area (Å²) in [7, 11) is 0. The third kappa shape index (κ3) is 3.01. The van der Waals surface area contributed by atoms with E-state index < -0.39 is 0 Å². The summed E-state index contributed by atoms with van der Waals surface area (Å²) in [5.74, 6) is 0. The molecule has 1 heterocycles. The Hall–Kier alpha value is -0.430. The van der Waals surface area contributed by atoms with Gasteiger partial charge in [0.05, 0.1) is 0 Å². The van der Waals surface area contributed by atoms with Crippen LogP contribution in [0.5, 0.6) is 0 Å². The maximum atomic E-state index is 5.61. The van der Waals surface area contributed by atoms with E-state index in [1.807, 2.05) is 12.1 Å². The molecule has 2 aromatic rings. The molecule has 0 amide bonds. The van der Waals surface area contributed by atoms with E-state index in [1.165, 1.54) is 11.3 Å². The molecule has 0 bridgehead atoms. The normalized spacial score (nSPS) is 10.5. The summed E-state index contributed by atoms with van der Waals surface area (Å²) in [6.07, 6.45) is 0. The van der Waals surface area contributed by atoms with Crippen molar-refractivity contribution in [2.75, 3.05) is 0 Å². The van der Waals surface area contributed by atoms with Gasteiger partial charge in [-0.2, -0.15) is 0 Å². The van der Waals surface area contributed by atoms with Crippen LogP contribution in [-0.4, -0.2) is 10.2 Å². The lowest BCUT2D eigenvalue weighted by Crippen LogP contribution is -1.95. The van der Waals surface area contributed by atoms with Crippen LogP contribution in [-0.2, 0) is 6.54 Å². The fourth-order valence-corrected chi connectivity index (χ4v) is 3.37. The second-order valence-corrected chi connectivity index (χ2v) is 5.88. The van der Waals surface area contributed by atoms with Crippen molar-refractivity contribution >= 4 is 39.0 Å². The Morgan fingerprint density at radius 3 is 2.93 bits per heavy atom. The second kappa shape index (κ2) is 5.07. The number of hydrogen-bond acceptors (Lipinski definition) is 5. The predicted molar refractivity (Wildman–Crippen MR) is 66.1 cm³/mol. The van der Waals surface area contributed by atoms with Crippen LogP contribution in [0.2, 0.25) is 0 Å². The molecule has 0 aliphatic heterocycles. The first-order valence-corrected chi connectivity index (χ1v) is 6.70. The molecule has 0 spiro atoms. The lowest BCUT2D eigenvalue weighted by atomic mass is 10.2. The standard InChI is InChI=1S/C9H8BrN3S2/c10-7-1-6(4-11)2-8(3-7)15-9-13-12-5-14-9/h1-3,5H,4,11H2. The summed E-state index contributed by atoms with van der Waals surface area (Å²) in [6, 6.07) is 6.13. The molecule has 3 nitrogen and oxygen atoms in total. The Bertz CT molecular complexity index is 445. The smallest absolute Gasteiger partial charge is 0.178 e. The second-order valence-electron chi connectivity index (χ2n) is 2.81. The molecule has 0 atom stereocenters. The van der Waals surface area contributed by atoms with Crippen LogP contribution >= 0.6 is 39.0 Å². The minimum atomic E-state index is 0.545. The molecule has 1 aromatic heterocycles. The Morgan fingerprint density at radius 1 is 1.40 bits per heavy atom. The monoisotopic (exact) mass is 301 g/mol. The summed E-state index contributed by atoms with van der Waals surface area (Å²) >= 11 is 6.58.